The Hall–Kier alpha value is -2.88. The predicted molar refractivity (Wildman–Crippen MR) is 85.8 cm³/mol. The number of anilines is 1. The van der Waals surface area contributed by atoms with Crippen LogP contribution in [0.2, 0.25) is 0 Å². The van der Waals surface area contributed by atoms with Gasteiger partial charge in [-0.2, -0.15) is 0 Å². The second-order valence-corrected chi connectivity index (χ2v) is 5.14. The first kappa shape index (κ1) is 14.1. The molecule has 1 N–H and O–H groups in total. The van der Waals surface area contributed by atoms with Crippen molar-refractivity contribution in [1.29, 1.82) is 0 Å². The lowest BCUT2D eigenvalue weighted by atomic mass is 10.1. The molecule has 0 bridgehead atoms. The van der Waals surface area contributed by atoms with E-state index in [4.69, 9.17) is 4.52 Å². The molecule has 4 heteroatoms. The second kappa shape index (κ2) is 5.85. The average Bonchev–Trinajstić information content (AvgIpc) is 3.03. The number of carbonyl (C=O) groups excluding carboxylic acids is 1. The van der Waals surface area contributed by atoms with E-state index < -0.39 is 0 Å². The standard InChI is InChI=1S/C18H16N2O2/c1-12-7-6-10-15(13(12)2)19-18(21)16-11-17(22-20-16)14-8-4-3-5-9-14/h3-11H,1-2H3,(H,19,21). The maximum absolute atomic E-state index is 12.3. The highest BCUT2D eigenvalue weighted by Crippen LogP contribution is 2.22. The van der Waals surface area contributed by atoms with Gasteiger partial charge in [0.25, 0.3) is 5.91 Å². The lowest BCUT2D eigenvalue weighted by Crippen LogP contribution is -2.13. The highest BCUT2D eigenvalue weighted by Gasteiger charge is 2.14. The van der Waals surface area contributed by atoms with E-state index in [2.05, 4.69) is 10.5 Å². The van der Waals surface area contributed by atoms with Gasteiger partial charge in [0.2, 0.25) is 0 Å². The van der Waals surface area contributed by atoms with Crippen molar-refractivity contribution in [3.8, 4) is 11.3 Å². The molecule has 110 valence electrons. The molecule has 0 aliphatic heterocycles. The first-order valence-electron chi connectivity index (χ1n) is 7.05. The number of hydrogen-bond acceptors (Lipinski definition) is 3. The lowest BCUT2D eigenvalue weighted by molar-refractivity contribution is 0.101. The molecule has 1 aromatic heterocycles. The summed E-state index contributed by atoms with van der Waals surface area (Å²) < 4.78 is 5.25. The maximum Gasteiger partial charge on any atom is 0.277 e. The van der Waals surface area contributed by atoms with Crippen molar-refractivity contribution >= 4 is 11.6 Å². The van der Waals surface area contributed by atoms with Crippen LogP contribution in [0.1, 0.15) is 21.6 Å². The third-order valence-electron chi connectivity index (χ3n) is 3.65. The van der Waals surface area contributed by atoms with Crippen LogP contribution in [0, 0.1) is 13.8 Å². The van der Waals surface area contributed by atoms with Crippen LogP contribution in [-0.4, -0.2) is 11.1 Å². The molecule has 1 heterocycles. The van der Waals surface area contributed by atoms with Gasteiger partial charge in [0, 0.05) is 17.3 Å². The zero-order chi connectivity index (χ0) is 15.5. The van der Waals surface area contributed by atoms with Crippen LogP contribution in [0.25, 0.3) is 11.3 Å². The third-order valence-corrected chi connectivity index (χ3v) is 3.65. The molecule has 0 saturated heterocycles. The Bertz CT molecular complexity index is 807. The predicted octanol–water partition coefficient (Wildman–Crippen LogP) is 4.21. The first-order chi connectivity index (χ1) is 10.6. The van der Waals surface area contributed by atoms with Crippen LogP contribution in [-0.2, 0) is 0 Å². The molecule has 0 spiro atoms. The van der Waals surface area contributed by atoms with E-state index in [0.717, 1.165) is 22.4 Å². The van der Waals surface area contributed by atoms with Gasteiger partial charge >= 0.3 is 0 Å². The number of benzene rings is 2. The summed E-state index contributed by atoms with van der Waals surface area (Å²) in [7, 11) is 0. The molecule has 0 aliphatic rings. The van der Waals surface area contributed by atoms with Gasteiger partial charge in [0.05, 0.1) is 0 Å². The minimum atomic E-state index is -0.278. The van der Waals surface area contributed by atoms with Crippen molar-refractivity contribution in [2.75, 3.05) is 5.32 Å². The van der Waals surface area contributed by atoms with E-state index in [0.29, 0.717) is 5.76 Å². The fourth-order valence-electron chi connectivity index (χ4n) is 2.19. The quantitative estimate of drug-likeness (QED) is 0.786. The number of aryl methyl sites for hydroxylation is 1. The van der Waals surface area contributed by atoms with Crippen molar-refractivity contribution < 1.29 is 9.32 Å². The highest BCUT2D eigenvalue weighted by atomic mass is 16.5. The minimum Gasteiger partial charge on any atom is -0.355 e. The summed E-state index contributed by atoms with van der Waals surface area (Å²) in [5.41, 5.74) is 4.11. The van der Waals surface area contributed by atoms with Gasteiger partial charge in [-0.15, -0.1) is 0 Å². The number of hydrogen-bond donors (Lipinski definition) is 1. The van der Waals surface area contributed by atoms with E-state index in [9.17, 15) is 4.79 Å². The van der Waals surface area contributed by atoms with E-state index >= 15 is 0 Å². The summed E-state index contributed by atoms with van der Waals surface area (Å²) in [6, 6.07) is 17.0. The fourth-order valence-corrected chi connectivity index (χ4v) is 2.19. The van der Waals surface area contributed by atoms with Gasteiger partial charge in [-0.3, -0.25) is 4.79 Å². The van der Waals surface area contributed by atoms with Crippen molar-refractivity contribution in [3.63, 3.8) is 0 Å². The molecule has 0 radical (unpaired) electrons. The fraction of sp³-hybridized carbons (Fsp3) is 0.111. The molecule has 0 fully saturated rings. The monoisotopic (exact) mass is 292 g/mol. The van der Waals surface area contributed by atoms with E-state index in [1.165, 1.54) is 0 Å². The van der Waals surface area contributed by atoms with Crippen molar-refractivity contribution in [3.05, 3.63) is 71.4 Å². The summed E-state index contributed by atoms with van der Waals surface area (Å²) in [6.45, 7) is 3.98. The SMILES string of the molecule is Cc1cccc(NC(=O)c2cc(-c3ccccc3)on2)c1C. The Morgan fingerprint density at radius 3 is 2.59 bits per heavy atom. The van der Waals surface area contributed by atoms with Gasteiger partial charge in [0.15, 0.2) is 11.5 Å². The van der Waals surface area contributed by atoms with Gasteiger partial charge in [-0.05, 0) is 31.0 Å². The molecule has 3 aromatic rings. The second-order valence-electron chi connectivity index (χ2n) is 5.14. The molecule has 0 aliphatic carbocycles. The molecule has 2 aromatic carbocycles. The van der Waals surface area contributed by atoms with Crippen LogP contribution in [0.3, 0.4) is 0 Å². The van der Waals surface area contributed by atoms with Crippen LogP contribution in [0.5, 0.6) is 0 Å². The molecule has 0 atom stereocenters. The summed E-state index contributed by atoms with van der Waals surface area (Å²) in [6.07, 6.45) is 0. The third kappa shape index (κ3) is 2.76. The van der Waals surface area contributed by atoms with Crippen LogP contribution in [0.4, 0.5) is 5.69 Å². The molecule has 0 saturated carbocycles. The maximum atomic E-state index is 12.3. The van der Waals surface area contributed by atoms with Crippen molar-refractivity contribution in [2.24, 2.45) is 0 Å². The first-order valence-corrected chi connectivity index (χ1v) is 7.05. The highest BCUT2D eigenvalue weighted by molar-refractivity contribution is 6.03. The topological polar surface area (TPSA) is 55.1 Å². The Morgan fingerprint density at radius 2 is 1.82 bits per heavy atom. The number of rotatable bonds is 3. The van der Waals surface area contributed by atoms with Gasteiger partial charge in [0.1, 0.15) is 0 Å². The normalized spacial score (nSPS) is 10.5. The molecule has 4 nitrogen and oxygen atoms in total. The summed E-state index contributed by atoms with van der Waals surface area (Å²) in [5, 5.41) is 6.72. The Morgan fingerprint density at radius 1 is 1.05 bits per heavy atom. The molecule has 22 heavy (non-hydrogen) atoms. The average molecular weight is 292 g/mol. The van der Waals surface area contributed by atoms with E-state index in [1.807, 2.05) is 62.4 Å². The van der Waals surface area contributed by atoms with Crippen LogP contribution < -0.4 is 5.32 Å². The van der Waals surface area contributed by atoms with Gasteiger partial charge in [-0.25, -0.2) is 0 Å². The summed E-state index contributed by atoms with van der Waals surface area (Å²) >= 11 is 0. The smallest absolute Gasteiger partial charge is 0.277 e. The Kier molecular flexibility index (Phi) is 3.74. The lowest BCUT2D eigenvalue weighted by Gasteiger charge is -2.08. The summed E-state index contributed by atoms with van der Waals surface area (Å²) in [5.74, 6) is 0.298. The van der Waals surface area contributed by atoms with Crippen LogP contribution >= 0.6 is 0 Å². The van der Waals surface area contributed by atoms with Crippen LogP contribution in [0.15, 0.2) is 59.1 Å². The molecular weight excluding hydrogens is 276 g/mol. The Labute approximate surface area is 128 Å². The number of amides is 1. The molecule has 1 amide bonds. The number of nitrogens with zero attached hydrogens (tertiary/aromatic N) is 1. The number of carbonyl (C=O) groups is 1. The van der Waals surface area contributed by atoms with Crippen molar-refractivity contribution in [2.45, 2.75) is 13.8 Å². The number of aromatic nitrogens is 1. The molecular formula is C18H16N2O2. The van der Waals surface area contributed by atoms with Gasteiger partial charge < -0.3 is 9.84 Å². The largest absolute Gasteiger partial charge is 0.355 e. The van der Waals surface area contributed by atoms with Gasteiger partial charge in [-0.1, -0.05) is 47.6 Å². The van der Waals surface area contributed by atoms with E-state index in [1.54, 1.807) is 6.07 Å². The minimum absolute atomic E-state index is 0.264. The number of nitrogens with one attached hydrogen (secondary N) is 1. The Balaban J connectivity index is 1.82. The zero-order valence-electron chi connectivity index (χ0n) is 12.5. The molecule has 3 rings (SSSR count). The molecule has 0 unspecified atom stereocenters. The zero-order valence-corrected chi connectivity index (χ0v) is 12.5. The van der Waals surface area contributed by atoms with E-state index in [-0.39, 0.29) is 11.6 Å². The summed E-state index contributed by atoms with van der Waals surface area (Å²) in [4.78, 5) is 12.3. The van der Waals surface area contributed by atoms with Crippen molar-refractivity contribution in [1.82, 2.24) is 5.16 Å².